The monoisotopic (exact) mass is 270 g/mol. The van der Waals surface area contributed by atoms with Gasteiger partial charge in [0.15, 0.2) is 0 Å². The average Bonchev–Trinajstić information content (AvgIpc) is 2.79. The van der Waals surface area contributed by atoms with Crippen LogP contribution >= 0.6 is 11.3 Å². The quantitative estimate of drug-likeness (QED) is 0.724. The van der Waals surface area contributed by atoms with E-state index < -0.39 is 12.0 Å². The van der Waals surface area contributed by atoms with Crippen molar-refractivity contribution in [1.82, 2.24) is 10.3 Å². The van der Waals surface area contributed by atoms with Crippen LogP contribution in [0, 0.1) is 0 Å². The Labute approximate surface area is 112 Å². The molecule has 1 unspecified atom stereocenters. The van der Waals surface area contributed by atoms with E-state index in [1.165, 1.54) is 6.42 Å². The second-order valence-electron chi connectivity index (χ2n) is 4.40. The van der Waals surface area contributed by atoms with Gasteiger partial charge in [0.1, 0.15) is 6.04 Å². The fourth-order valence-electron chi connectivity index (χ4n) is 1.70. The van der Waals surface area contributed by atoms with Crippen molar-refractivity contribution >= 4 is 17.3 Å². The minimum Gasteiger partial charge on any atom is -0.480 e. The van der Waals surface area contributed by atoms with Gasteiger partial charge in [-0.05, 0) is 19.3 Å². The van der Waals surface area contributed by atoms with Crippen molar-refractivity contribution in [3.63, 3.8) is 0 Å². The largest absolute Gasteiger partial charge is 0.480 e. The molecule has 1 rings (SSSR count). The number of carboxylic acid groups (broad SMARTS) is 1. The van der Waals surface area contributed by atoms with E-state index >= 15 is 0 Å². The van der Waals surface area contributed by atoms with Gasteiger partial charge < -0.3 is 5.11 Å². The minimum atomic E-state index is -0.779. The number of unbranched alkanes of at least 4 members (excludes halogenated alkanes) is 1. The highest BCUT2D eigenvalue weighted by Crippen LogP contribution is 2.13. The molecule has 0 saturated carbocycles. The third kappa shape index (κ3) is 5.14. The Morgan fingerprint density at radius 3 is 2.89 bits per heavy atom. The summed E-state index contributed by atoms with van der Waals surface area (Å²) in [6.45, 7) is 4.70. The number of nitrogens with one attached hydrogen (secondary N) is 1. The van der Waals surface area contributed by atoms with Crippen LogP contribution in [0.1, 0.15) is 50.2 Å². The molecule has 18 heavy (non-hydrogen) atoms. The Bertz CT molecular complexity index is 366. The molecule has 1 aromatic heterocycles. The number of hydrogen-bond donors (Lipinski definition) is 2. The Hall–Kier alpha value is -0.940. The Kier molecular flexibility index (Phi) is 6.90. The highest BCUT2D eigenvalue weighted by atomic mass is 32.1. The molecular weight excluding hydrogens is 248 g/mol. The van der Waals surface area contributed by atoms with Gasteiger partial charge in [0.25, 0.3) is 0 Å². The molecule has 102 valence electrons. The summed E-state index contributed by atoms with van der Waals surface area (Å²) < 4.78 is 0. The zero-order valence-electron chi connectivity index (χ0n) is 11.1. The van der Waals surface area contributed by atoms with Crippen LogP contribution in [-0.2, 0) is 17.8 Å². The zero-order chi connectivity index (χ0) is 13.4. The number of aromatic nitrogens is 1. The number of thiazole rings is 1. The van der Waals surface area contributed by atoms with Crippen LogP contribution in [0.2, 0.25) is 0 Å². The van der Waals surface area contributed by atoms with Gasteiger partial charge in [-0.1, -0.05) is 26.7 Å². The number of carboxylic acids is 1. The van der Waals surface area contributed by atoms with Crippen LogP contribution < -0.4 is 5.32 Å². The van der Waals surface area contributed by atoms with E-state index in [0.717, 1.165) is 30.0 Å². The summed E-state index contributed by atoms with van der Waals surface area (Å²) in [6.07, 6.45) is 4.88. The lowest BCUT2D eigenvalue weighted by Gasteiger charge is -2.11. The maximum absolute atomic E-state index is 11.0. The highest BCUT2D eigenvalue weighted by Gasteiger charge is 2.15. The summed E-state index contributed by atoms with van der Waals surface area (Å²) in [5.74, 6) is -0.779. The molecule has 1 atom stereocenters. The van der Waals surface area contributed by atoms with E-state index in [1.807, 2.05) is 12.3 Å². The summed E-state index contributed by atoms with van der Waals surface area (Å²) in [5, 5.41) is 15.2. The normalized spacial score (nSPS) is 12.6. The first-order valence-corrected chi connectivity index (χ1v) is 7.44. The third-order valence-electron chi connectivity index (χ3n) is 2.75. The predicted molar refractivity (Wildman–Crippen MR) is 73.9 cm³/mol. The van der Waals surface area contributed by atoms with Gasteiger partial charge in [-0.2, -0.15) is 0 Å². The Balaban J connectivity index is 2.41. The van der Waals surface area contributed by atoms with Crippen molar-refractivity contribution in [3.05, 3.63) is 16.1 Å². The van der Waals surface area contributed by atoms with Crippen LogP contribution in [0.5, 0.6) is 0 Å². The molecule has 0 bridgehead atoms. The fraction of sp³-hybridized carbons (Fsp3) is 0.692. The van der Waals surface area contributed by atoms with Crippen LogP contribution in [0.4, 0.5) is 0 Å². The van der Waals surface area contributed by atoms with Crippen molar-refractivity contribution in [1.29, 1.82) is 0 Å². The standard InChI is InChI=1S/C13H22N2O2S/c1-3-5-7-12-15-10(9-18-12)8-14-11(6-4-2)13(16)17/h9,11,14H,3-8H2,1-2H3,(H,16,17). The molecule has 1 heterocycles. The molecule has 0 aliphatic rings. The van der Waals surface area contributed by atoms with E-state index in [9.17, 15) is 4.79 Å². The summed E-state index contributed by atoms with van der Waals surface area (Å²) in [5.41, 5.74) is 0.952. The van der Waals surface area contributed by atoms with Gasteiger partial charge in [0.05, 0.1) is 10.7 Å². The summed E-state index contributed by atoms with van der Waals surface area (Å²) in [7, 11) is 0. The maximum atomic E-state index is 11.0. The first-order valence-electron chi connectivity index (χ1n) is 6.56. The van der Waals surface area contributed by atoms with E-state index in [1.54, 1.807) is 11.3 Å². The second kappa shape index (κ2) is 8.21. The van der Waals surface area contributed by atoms with Gasteiger partial charge in [-0.25, -0.2) is 4.98 Å². The number of aliphatic carboxylic acids is 1. The molecule has 0 aromatic carbocycles. The lowest BCUT2D eigenvalue weighted by molar-refractivity contribution is -0.139. The number of nitrogens with zero attached hydrogens (tertiary/aromatic N) is 1. The topological polar surface area (TPSA) is 62.2 Å². The highest BCUT2D eigenvalue weighted by molar-refractivity contribution is 7.09. The first kappa shape index (κ1) is 15.1. The second-order valence-corrected chi connectivity index (χ2v) is 5.34. The van der Waals surface area contributed by atoms with Crippen molar-refractivity contribution in [2.75, 3.05) is 0 Å². The SMILES string of the molecule is CCCCc1nc(CNC(CCC)C(=O)O)cs1. The van der Waals surface area contributed by atoms with E-state index in [0.29, 0.717) is 13.0 Å². The smallest absolute Gasteiger partial charge is 0.320 e. The van der Waals surface area contributed by atoms with Gasteiger partial charge in [-0.3, -0.25) is 10.1 Å². The molecule has 0 spiro atoms. The predicted octanol–water partition coefficient (Wildman–Crippen LogP) is 2.83. The lowest BCUT2D eigenvalue weighted by atomic mass is 10.1. The number of hydrogen-bond acceptors (Lipinski definition) is 4. The molecule has 2 N–H and O–H groups in total. The molecular formula is C13H22N2O2S. The number of aryl methyl sites for hydroxylation is 1. The molecule has 0 aliphatic carbocycles. The van der Waals surface area contributed by atoms with Gasteiger partial charge in [-0.15, -0.1) is 11.3 Å². The molecule has 1 aromatic rings. The zero-order valence-corrected chi connectivity index (χ0v) is 11.9. The number of rotatable bonds is 9. The maximum Gasteiger partial charge on any atom is 0.320 e. The lowest BCUT2D eigenvalue weighted by Crippen LogP contribution is -2.36. The Morgan fingerprint density at radius 2 is 2.28 bits per heavy atom. The van der Waals surface area contributed by atoms with Crippen molar-refractivity contribution in [2.24, 2.45) is 0 Å². The van der Waals surface area contributed by atoms with Crippen LogP contribution in [0.25, 0.3) is 0 Å². The van der Waals surface area contributed by atoms with Crippen molar-refractivity contribution in [3.8, 4) is 0 Å². The van der Waals surface area contributed by atoms with Gasteiger partial charge in [0.2, 0.25) is 0 Å². The molecule has 0 radical (unpaired) electrons. The first-order chi connectivity index (χ1) is 8.67. The van der Waals surface area contributed by atoms with E-state index in [2.05, 4.69) is 17.2 Å². The fourth-order valence-corrected chi connectivity index (χ4v) is 2.54. The van der Waals surface area contributed by atoms with Crippen LogP contribution in [0.15, 0.2) is 5.38 Å². The molecule has 4 nitrogen and oxygen atoms in total. The molecule has 0 fully saturated rings. The van der Waals surface area contributed by atoms with E-state index in [-0.39, 0.29) is 0 Å². The number of carbonyl (C=O) groups is 1. The summed E-state index contributed by atoms with van der Waals surface area (Å²) in [6, 6.07) is -0.462. The summed E-state index contributed by atoms with van der Waals surface area (Å²) in [4.78, 5) is 15.5. The van der Waals surface area contributed by atoms with Crippen LogP contribution in [0.3, 0.4) is 0 Å². The molecule has 5 heteroatoms. The van der Waals surface area contributed by atoms with Gasteiger partial charge in [0, 0.05) is 11.9 Å². The average molecular weight is 270 g/mol. The van der Waals surface area contributed by atoms with Crippen LogP contribution in [-0.4, -0.2) is 22.1 Å². The summed E-state index contributed by atoms with van der Waals surface area (Å²) >= 11 is 1.66. The Morgan fingerprint density at radius 1 is 1.50 bits per heavy atom. The van der Waals surface area contributed by atoms with Crippen molar-refractivity contribution < 1.29 is 9.90 Å². The molecule has 0 amide bonds. The third-order valence-corrected chi connectivity index (χ3v) is 3.71. The van der Waals surface area contributed by atoms with E-state index in [4.69, 9.17) is 5.11 Å². The van der Waals surface area contributed by atoms with Gasteiger partial charge >= 0.3 is 5.97 Å². The minimum absolute atomic E-state index is 0.462. The molecule has 0 aliphatic heterocycles. The van der Waals surface area contributed by atoms with Crippen molar-refractivity contribution in [2.45, 2.75) is 58.5 Å². The molecule has 0 saturated heterocycles.